The van der Waals surface area contributed by atoms with Crippen LogP contribution in [0.3, 0.4) is 0 Å². The van der Waals surface area contributed by atoms with Gasteiger partial charge in [-0.2, -0.15) is 0 Å². The molecule has 164 valence electrons. The number of nitrogens with one attached hydrogen (secondary N) is 2. The summed E-state index contributed by atoms with van der Waals surface area (Å²) in [5, 5.41) is 16.3. The van der Waals surface area contributed by atoms with E-state index in [1.807, 2.05) is 20.1 Å². The summed E-state index contributed by atoms with van der Waals surface area (Å²) in [4.78, 5) is 8.93. The van der Waals surface area contributed by atoms with Gasteiger partial charge in [0.15, 0.2) is 11.1 Å². The van der Waals surface area contributed by atoms with Crippen LogP contribution < -0.4 is 10.6 Å². The molecule has 2 rings (SSSR count). The van der Waals surface area contributed by atoms with E-state index in [0.29, 0.717) is 18.4 Å². The fourth-order valence-corrected chi connectivity index (χ4v) is 3.27. The van der Waals surface area contributed by atoms with Crippen LogP contribution in [0.5, 0.6) is 0 Å². The van der Waals surface area contributed by atoms with E-state index in [1.165, 1.54) is 0 Å². The van der Waals surface area contributed by atoms with E-state index >= 15 is 0 Å². The topological polar surface area (TPSA) is 93.2 Å². The van der Waals surface area contributed by atoms with Gasteiger partial charge in [-0.25, -0.2) is 9.98 Å². The first-order chi connectivity index (χ1) is 13.4. The Kier molecular flexibility index (Phi) is 11.6. The summed E-state index contributed by atoms with van der Waals surface area (Å²) in [6, 6.07) is 0. The number of aryl methyl sites for hydroxylation is 3. The maximum absolute atomic E-state index is 5.59. The molecule has 0 aliphatic carbocycles. The maximum atomic E-state index is 5.59. The zero-order chi connectivity index (χ0) is 20.5. The zero-order valence-electron chi connectivity index (χ0n) is 18.3. The van der Waals surface area contributed by atoms with Crippen molar-refractivity contribution in [2.75, 3.05) is 19.3 Å². The normalized spacial score (nSPS) is 11.6. The molecule has 0 bridgehead atoms. The Morgan fingerprint density at radius 2 is 2.00 bits per heavy atom. The lowest BCUT2D eigenvalue weighted by Gasteiger charge is -2.13. The van der Waals surface area contributed by atoms with Crippen LogP contribution in [0.15, 0.2) is 14.6 Å². The SMILES string of the molecule is CCNC(=NCc1nc(C)c(C)o1)NCCCc1nnc(SC)n1CC(C)C.I. The number of hydrogen-bond acceptors (Lipinski definition) is 6. The van der Waals surface area contributed by atoms with Crippen molar-refractivity contribution in [3.05, 3.63) is 23.2 Å². The molecule has 8 nitrogen and oxygen atoms in total. The molecule has 0 amide bonds. The van der Waals surface area contributed by atoms with E-state index in [2.05, 4.69) is 56.1 Å². The summed E-state index contributed by atoms with van der Waals surface area (Å²) < 4.78 is 7.83. The molecule has 2 aromatic rings. The number of rotatable bonds is 10. The van der Waals surface area contributed by atoms with Gasteiger partial charge in [-0.15, -0.1) is 34.2 Å². The summed E-state index contributed by atoms with van der Waals surface area (Å²) in [5.41, 5.74) is 0.915. The van der Waals surface area contributed by atoms with Gasteiger partial charge in [-0.3, -0.25) is 0 Å². The lowest BCUT2D eigenvalue weighted by atomic mass is 10.2. The Balaban J connectivity index is 0.00000420. The van der Waals surface area contributed by atoms with Gasteiger partial charge in [0.1, 0.15) is 18.1 Å². The smallest absolute Gasteiger partial charge is 0.216 e. The van der Waals surface area contributed by atoms with Gasteiger partial charge >= 0.3 is 0 Å². The number of hydrogen-bond donors (Lipinski definition) is 2. The molecule has 2 heterocycles. The molecule has 10 heteroatoms. The van der Waals surface area contributed by atoms with Crippen molar-refractivity contribution in [1.29, 1.82) is 0 Å². The number of guanidine groups is 1. The minimum atomic E-state index is 0. The predicted octanol–water partition coefficient (Wildman–Crippen LogP) is 3.57. The summed E-state index contributed by atoms with van der Waals surface area (Å²) in [6.45, 7) is 13.3. The standard InChI is InChI=1S/C19H33N7OS.HI/c1-7-20-18(22-11-17-23-14(4)15(5)27-17)21-10-8-9-16-24-25-19(28-6)26(16)12-13(2)3;/h13H,7-12H2,1-6H3,(H2,20,21,22);1H. The molecule has 0 radical (unpaired) electrons. The third-order valence-corrected chi connectivity index (χ3v) is 4.85. The molecule has 2 N–H and O–H groups in total. The number of aliphatic imine (C=N–C) groups is 1. The summed E-state index contributed by atoms with van der Waals surface area (Å²) >= 11 is 1.65. The minimum Gasteiger partial charge on any atom is -0.444 e. The van der Waals surface area contributed by atoms with Crippen LogP contribution in [0.25, 0.3) is 0 Å². The Bertz CT molecular complexity index is 753. The highest BCUT2D eigenvalue weighted by atomic mass is 127. The van der Waals surface area contributed by atoms with E-state index in [4.69, 9.17) is 4.42 Å². The third kappa shape index (κ3) is 8.15. The average molecular weight is 536 g/mol. The Labute approximate surface area is 195 Å². The van der Waals surface area contributed by atoms with Crippen molar-refractivity contribution in [2.45, 2.75) is 65.7 Å². The number of nitrogens with zero attached hydrogens (tertiary/aromatic N) is 5. The second-order valence-corrected chi connectivity index (χ2v) is 7.86. The van der Waals surface area contributed by atoms with Gasteiger partial charge in [0, 0.05) is 26.1 Å². The van der Waals surface area contributed by atoms with Crippen LogP contribution in [-0.4, -0.2) is 45.1 Å². The van der Waals surface area contributed by atoms with Crippen LogP contribution in [0.2, 0.25) is 0 Å². The Morgan fingerprint density at radius 1 is 1.24 bits per heavy atom. The fraction of sp³-hybridized carbons (Fsp3) is 0.684. The van der Waals surface area contributed by atoms with Crippen molar-refractivity contribution in [2.24, 2.45) is 10.9 Å². The van der Waals surface area contributed by atoms with Crippen molar-refractivity contribution < 1.29 is 4.42 Å². The lowest BCUT2D eigenvalue weighted by molar-refractivity contribution is 0.472. The quantitative estimate of drug-likeness (QED) is 0.158. The van der Waals surface area contributed by atoms with E-state index in [9.17, 15) is 0 Å². The highest BCUT2D eigenvalue weighted by Crippen LogP contribution is 2.16. The van der Waals surface area contributed by atoms with Gasteiger partial charge in [0.25, 0.3) is 0 Å². The van der Waals surface area contributed by atoms with Crippen LogP contribution in [0.4, 0.5) is 0 Å². The molecule has 0 unspecified atom stereocenters. The van der Waals surface area contributed by atoms with Crippen molar-refractivity contribution >= 4 is 41.7 Å². The first-order valence-corrected chi connectivity index (χ1v) is 11.1. The second kappa shape index (κ2) is 13.1. The maximum Gasteiger partial charge on any atom is 0.216 e. The van der Waals surface area contributed by atoms with Crippen LogP contribution in [0, 0.1) is 19.8 Å². The third-order valence-electron chi connectivity index (χ3n) is 4.18. The first kappa shape index (κ1) is 25.7. The van der Waals surface area contributed by atoms with Gasteiger partial charge in [-0.1, -0.05) is 25.6 Å². The summed E-state index contributed by atoms with van der Waals surface area (Å²) in [6.07, 6.45) is 3.87. The molecule has 0 saturated heterocycles. The Morgan fingerprint density at radius 3 is 2.59 bits per heavy atom. The van der Waals surface area contributed by atoms with E-state index in [0.717, 1.165) is 60.9 Å². The highest BCUT2D eigenvalue weighted by molar-refractivity contribution is 14.0. The largest absolute Gasteiger partial charge is 0.444 e. The van der Waals surface area contributed by atoms with Gasteiger partial charge < -0.3 is 19.6 Å². The van der Waals surface area contributed by atoms with Crippen molar-refractivity contribution in [3.63, 3.8) is 0 Å². The van der Waals surface area contributed by atoms with Crippen LogP contribution in [0.1, 0.15) is 50.4 Å². The van der Waals surface area contributed by atoms with E-state index < -0.39 is 0 Å². The number of aromatic nitrogens is 4. The monoisotopic (exact) mass is 535 g/mol. The van der Waals surface area contributed by atoms with Crippen LogP contribution >= 0.6 is 35.7 Å². The highest BCUT2D eigenvalue weighted by Gasteiger charge is 2.12. The Hall–Kier alpha value is -1.30. The molecular formula is C19H34IN7OS. The fourth-order valence-electron chi connectivity index (χ4n) is 2.75. The number of oxazole rings is 1. The number of thioether (sulfide) groups is 1. The van der Waals surface area contributed by atoms with Gasteiger partial charge in [-0.05, 0) is 39.4 Å². The molecular weight excluding hydrogens is 501 g/mol. The minimum absolute atomic E-state index is 0. The molecule has 29 heavy (non-hydrogen) atoms. The molecule has 0 atom stereocenters. The first-order valence-electron chi connectivity index (χ1n) is 9.85. The van der Waals surface area contributed by atoms with Gasteiger partial charge in [0.05, 0.1) is 5.69 Å². The molecule has 0 aliphatic rings. The average Bonchev–Trinajstić information content (AvgIpc) is 3.18. The second-order valence-electron chi connectivity index (χ2n) is 7.08. The number of halogens is 1. The molecule has 0 spiro atoms. The van der Waals surface area contributed by atoms with Crippen molar-refractivity contribution in [3.8, 4) is 0 Å². The molecule has 0 aromatic carbocycles. The van der Waals surface area contributed by atoms with E-state index in [-0.39, 0.29) is 24.0 Å². The predicted molar refractivity (Wildman–Crippen MR) is 129 cm³/mol. The lowest BCUT2D eigenvalue weighted by Crippen LogP contribution is -2.38. The molecule has 0 aliphatic heterocycles. The van der Waals surface area contributed by atoms with Gasteiger partial charge in [0.2, 0.25) is 5.89 Å². The molecule has 2 aromatic heterocycles. The van der Waals surface area contributed by atoms with Crippen LogP contribution in [-0.2, 0) is 19.5 Å². The van der Waals surface area contributed by atoms with E-state index in [1.54, 1.807) is 11.8 Å². The molecule has 0 saturated carbocycles. The zero-order valence-corrected chi connectivity index (χ0v) is 21.4. The summed E-state index contributed by atoms with van der Waals surface area (Å²) in [5.74, 6) is 3.86. The van der Waals surface area contributed by atoms with Crippen molar-refractivity contribution in [1.82, 2.24) is 30.4 Å². The summed E-state index contributed by atoms with van der Waals surface area (Å²) in [7, 11) is 0. The molecule has 0 fully saturated rings.